The number of hydrogen-bond donors (Lipinski definition) is 1. The minimum Gasteiger partial charge on any atom is -0.340 e. The van der Waals surface area contributed by atoms with Crippen LogP contribution in [0.1, 0.15) is 17.3 Å². The number of para-hydroxylation sites is 1. The van der Waals surface area contributed by atoms with Crippen molar-refractivity contribution in [1.82, 2.24) is 5.32 Å². The topological polar surface area (TPSA) is 49.4 Å². The summed E-state index contributed by atoms with van der Waals surface area (Å²) in [5.41, 5.74) is 0.871. The first-order chi connectivity index (χ1) is 8.15. The molecule has 0 radical (unpaired) electrons. The number of nitrogens with one attached hydrogen (secondary N) is 1. The van der Waals surface area contributed by atoms with Crippen LogP contribution in [0.3, 0.4) is 0 Å². The van der Waals surface area contributed by atoms with Crippen molar-refractivity contribution in [2.45, 2.75) is 13.0 Å². The molecule has 0 aliphatic carbocycles. The first kappa shape index (κ1) is 11.6. The number of alkyl halides is 1. The van der Waals surface area contributed by atoms with E-state index in [1.807, 2.05) is 0 Å². The zero-order chi connectivity index (χ0) is 12.4. The first-order valence-corrected chi connectivity index (χ1v) is 5.42. The molecular weight excluding hydrogens is 223 g/mol. The number of carbonyl (C=O) groups excluding carboxylic acids is 2. The van der Waals surface area contributed by atoms with E-state index in [0.29, 0.717) is 11.3 Å². The Morgan fingerprint density at radius 3 is 2.76 bits per heavy atom. The molecule has 0 saturated carbocycles. The van der Waals surface area contributed by atoms with Gasteiger partial charge in [0.2, 0.25) is 5.91 Å². The van der Waals surface area contributed by atoms with Gasteiger partial charge in [-0.3, -0.25) is 9.59 Å². The molecule has 1 heterocycles. The van der Waals surface area contributed by atoms with Gasteiger partial charge in [0.25, 0.3) is 5.91 Å². The number of rotatable bonds is 2. The van der Waals surface area contributed by atoms with Crippen molar-refractivity contribution in [3.8, 4) is 0 Å². The highest BCUT2D eigenvalue weighted by atomic mass is 19.1. The van der Waals surface area contributed by atoms with Gasteiger partial charge < -0.3 is 10.2 Å². The van der Waals surface area contributed by atoms with Crippen LogP contribution in [0.15, 0.2) is 24.3 Å². The van der Waals surface area contributed by atoms with Crippen LogP contribution < -0.4 is 10.2 Å². The molecule has 0 bridgehead atoms. The van der Waals surface area contributed by atoms with Crippen LogP contribution in [0, 0.1) is 0 Å². The van der Waals surface area contributed by atoms with Crippen molar-refractivity contribution in [1.29, 1.82) is 0 Å². The number of nitrogens with zero attached hydrogens (tertiary/aromatic N) is 1. The van der Waals surface area contributed by atoms with E-state index in [4.69, 9.17) is 0 Å². The van der Waals surface area contributed by atoms with Crippen molar-refractivity contribution < 1.29 is 14.0 Å². The Bertz CT molecular complexity index is 462. The Kier molecular flexibility index (Phi) is 3.08. The summed E-state index contributed by atoms with van der Waals surface area (Å²) in [7, 11) is 0. The van der Waals surface area contributed by atoms with Crippen molar-refractivity contribution in [2.75, 3.05) is 18.1 Å². The molecule has 4 nitrogen and oxygen atoms in total. The Hall–Kier alpha value is -1.91. The Labute approximate surface area is 98.4 Å². The van der Waals surface area contributed by atoms with Crippen LogP contribution in [-0.2, 0) is 4.79 Å². The largest absolute Gasteiger partial charge is 0.340 e. The number of benzene rings is 1. The minimum absolute atomic E-state index is 0.0326. The molecule has 0 spiro atoms. The highest BCUT2D eigenvalue weighted by molar-refractivity contribution is 6.10. The third kappa shape index (κ3) is 2.00. The standard InChI is InChI=1S/C12H13FN2O2/c1-8-12(17)15(7-6-13)10-5-3-2-4-9(10)11(16)14-8/h2-5,8H,6-7H2,1H3,(H,14,16). The van der Waals surface area contributed by atoms with Gasteiger partial charge in [0.15, 0.2) is 0 Å². The van der Waals surface area contributed by atoms with Crippen molar-refractivity contribution in [2.24, 2.45) is 0 Å². The predicted octanol–water partition coefficient (Wildman–Crippen LogP) is 1.12. The van der Waals surface area contributed by atoms with Gasteiger partial charge in [-0.05, 0) is 19.1 Å². The van der Waals surface area contributed by atoms with E-state index in [9.17, 15) is 14.0 Å². The van der Waals surface area contributed by atoms with Gasteiger partial charge in [0.1, 0.15) is 12.7 Å². The summed E-state index contributed by atoms with van der Waals surface area (Å²) in [6.45, 7) is 0.924. The number of hydrogen-bond acceptors (Lipinski definition) is 2. The molecule has 1 aromatic rings. The quantitative estimate of drug-likeness (QED) is 0.836. The lowest BCUT2D eigenvalue weighted by Crippen LogP contribution is -2.44. The molecule has 1 aliphatic heterocycles. The lowest BCUT2D eigenvalue weighted by molar-refractivity contribution is -0.120. The summed E-state index contributed by atoms with van der Waals surface area (Å²) in [5, 5.41) is 2.58. The third-order valence-electron chi connectivity index (χ3n) is 2.73. The molecule has 0 fully saturated rings. The van der Waals surface area contributed by atoms with Crippen LogP contribution in [0.25, 0.3) is 0 Å². The molecule has 17 heavy (non-hydrogen) atoms. The number of halogens is 1. The second-order valence-electron chi connectivity index (χ2n) is 3.89. The summed E-state index contributed by atoms with van der Waals surface area (Å²) in [5.74, 6) is -0.594. The SMILES string of the molecule is CC1NC(=O)c2ccccc2N(CCF)C1=O. The third-order valence-corrected chi connectivity index (χ3v) is 2.73. The second kappa shape index (κ2) is 4.53. The molecule has 5 heteroatoms. The van der Waals surface area contributed by atoms with Crippen LogP contribution in [0.5, 0.6) is 0 Å². The van der Waals surface area contributed by atoms with E-state index in [2.05, 4.69) is 5.32 Å². The fourth-order valence-electron chi connectivity index (χ4n) is 1.90. The lowest BCUT2D eigenvalue weighted by Gasteiger charge is -2.22. The van der Waals surface area contributed by atoms with E-state index in [0.717, 1.165) is 0 Å². The zero-order valence-electron chi connectivity index (χ0n) is 9.44. The summed E-state index contributed by atoms with van der Waals surface area (Å²) in [6.07, 6.45) is 0. The van der Waals surface area contributed by atoms with Crippen molar-refractivity contribution in [3.05, 3.63) is 29.8 Å². The van der Waals surface area contributed by atoms with E-state index in [1.54, 1.807) is 31.2 Å². The van der Waals surface area contributed by atoms with E-state index >= 15 is 0 Å². The summed E-state index contributed by atoms with van der Waals surface area (Å²) in [4.78, 5) is 25.1. The molecule has 2 rings (SSSR count). The maximum Gasteiger partial charge on any atom is 0.254 e. The Balaban J connectivity index is 2.52. The second-order valence-corrected chi connectivity index (χ2v) is 3.89. The minimum atomic E-state index is -0.638. The van der Waals surface area contributed by atoms with Crippen LogP contribution in [0.2, 0.25) is 0 Å². The summed E-state index contributed by atoms with van der Waals surface area (Å²) >= 11 is 0. The maximum atomic E-state index is 12.5. The monoisotopic (exact) mass is 236 g/mol. The molecule has 2 amide bonds. The predicted molar refractivity (Wildman–Crippen MR) is 61.7 cm³/mol. The van der Waals surface area contributed by atoms with Crippen LogP contribution >= 0.6 is 0 Å². The van der Waals surface area contributed by atoms with Gasteiger partial charge in [0.05, 0.1) is 17.8 Å². The smallest absolute Gasteiger partial charge is 0.254 e. The number of anilines is 1. The normalized spacial score (nSPS) is 19.6. The average molecular weight is 236 g/mol. The number of amides is 2. The summed E-state index contributed by atoms with van der Waals surface area (Å²) < 4.78 is 12.5. The van der Waals surface area contributed by atoms with E-state index in [1.165, 1.54) is 4.90 Å². The zero-order valence-corrected chi connectivity index (χ0v) is 9.44. The van der Waals surface area contributed by atoms with Gasteiger partial charge in [0, 0.05) is 0 Å². The molecule has 1 aliphatic rings. The molecule has 1 atom stereocenters. The maximum absolute atomic E-state index is 12.5. The molecule has 1 aromatic carbocycles. The fourth-order valence-corrected chi connectivity index (χ4v) is 1.90. The molecule has 1 unspecified atom stereocenters. The molecule has 90 valence electrons. The van der Waals surface area contributed by atoms with Gasteiger partial charge in [-0.15, -0.1) is 0 Å². The number of fused-ring (bicyclic) bond motifs is 1. The van der Waals surface area contributed by atoms with Gasteiger partial charge in [-0.2, -0.15) is 0 Å². The van der Waals surface area contributed by atoms with E-state index < -0.39 is 12.7 Å². The summed E-state index contributed by atoms with van der Waals surface area (Å²) in [6, 6.07) is 6.08. The van der Waals surface area contributed by atoms with Gasteiger partial charge in [-0.25, -0.2) is 4.39 Å². The molecule has 0 saturated heterocycles. The number of carbonyl (C=O) groups is 2. The molecular formula is C12H13FN2O2. The fraction of sp³-hybridized carbons (Fsp3) is 0.333. The van der Waals surface area contributed by atoms with Crippen molar-refractivity contribution >= 4 is 17.5 Å². The van der Waals surface area contributed by atoms with E-state index in [-0.39, 0.29) is 18.4 Å². The Morgan fingerprint density at radius 1 is 1.35 bits per heavy atom. The lowest BCUT2D eigenvalue weighted by atomic mass is 10.1. The van der Waals surface area contributed by atoms with Crippen molar-refractivity contribution in [3.63, 3.8) is 0 Å². The van der Waals surface area contributed by atoms with Crippen LogP contribution in [0.4, 0.5) is 10.1 Å². The Morgan fingerprint density at radius 2 is 2.06 bits per heavy atom. The van der Waals surface area contributed by atoms with Gasteiger partial charge >= 0.3 is 0 Å². The molecule has 0 aromatic heterocycles. The highest BCUT2D eigenvalue weighted by Crippen LogP contribution is 2.23. The highest BCUT2D eigenvalue weighted by Gasteiger charge is 2.30. The van der Waals surface area contributed by atoms with Crippen LogP contribution in [-0.4, -0.2) is 31.1 Å². The van der Waals surface area contributed by atoms with Gasteiger partial charge in [-0.1, -0.05) is 12.1 Å². The first-order valence-electron chi connectivity index (χ1n) is 5.42. The average Bonchev–Trinajstić information content (AvgIpc) is 2.42. The molecule has 1 N–H and O–H groups in total.